The van der Waals surface area contributed by atoms with Crippen molar-refractivity contribution in [3.05, 3.63) is 65.3 Å². The molecular formula is C27H32ClN5O2. The molecule has 0 fully saturated rings. The van der Waals surface area contributed by atoms with Gasteiger partial charge in [0.1, 0.15) is 5.82 Å². The predicted molar refractivity (Wildman–Crippen MR) is 143 cm³/mol. The third kappa shape index (κ3) is 5.20. The van der Waals surface area contributed by atoms with Crippen molar-refractivity contribution in [3.63, 3.8) is 0 Å². The second-order valence-corrected chi connectivity index (χ2v) is 9.05. The number of methoxy groups -OCH3 is 1. The molecule has 0 unspecified atom stereocenters. The molecule has 4 rings (SSSR count). The lowest BCUT2D eigenvalue weighted by molar-refractivity contribution is -0.124. The van der Waals surface area contributed by atoms with Crippen LogP contribution in [-0.2, 0) is 17.8 Å². The number of hydrogen-bond donors (Lipinski definition) is 0. The molecule has 0 aliphatic carbocycles. The highest BCUT2D eigenvalue weighted by Gasteiger charge is 2.26. The fraction of sp³-hybridized carbons (Fsp3) is 0.370. The highest BCUT2D eigenvalue weighted by molar-refractivity contribution is 6.36. The third-order valence-corrected chi connectivity index (χ3v) is 6.85. The largest absolute Gasteiger partial charge is 0.467 e. The van der Waals surface area contributed by atoms with Crippen molar-refractivity contribution < 1.29 is 9.53 Å². The van der Waals surface area contributed by atoms with E-state index in [9.17, 15) is 4.79 Å². The first-order valence-electron chi connectivity index (χ1n) is 11.9. The first-order chi connectivity index (χ1) is 17.0. The van der Waals surface area contributed by atoms with Crippen molar-refractivity contribution >= 4 is 39.8 Å². The van der Waals surface area contributed by atoms with Crippen LogP contribution >= 0.6 is 11.6 Å². The van der Waals surface area contributed by atoms with Gasteiger partial charge in [-0.15, -0.1) is 0 Å². The second-order valence-electron chi connectivity index (χ2n) is 8.64. The lowest BCUT2D eigenvalue weighted by atomic mass is 10.0. The molecule has 184 valence electrons. The van der Waals surface area contributed by atoms with Crippen LogP contribution in [0.25, 0.3) is 10.8 Å². The molecule has 8 heteroatoms. The average Bonchev–Trinajstić information content (AvgIpc) is 2.89. The maximum atomic E-state index is 11.8. The summed E-state index contributed by atoms with van der Waals surface area (Å²) in [6.07, 6.45) is 2.99. The van der Waals surface area contributed by atoms with Gasteiger partial charge in [0, 0.05) is 49.9 Å². The van der Waals surface area contributed by atoms with Crippen LogP contribution in [0.4, 0.5) is 11.5 Å². The minimum Gasteiger partial charge on any atom is -0.467 e. The summed E-state index contributed by atoms with van der Waals surface area (Å²) in [5.74, 6) is 0.852. The maximum absolute atomic E-state index is 11.8. The molecule has 1 aliphatic rings. The van der Waals surface area contributed by atoms with E-state index in [1.165, 1.54) is 6.08 Å². The number of carbonyl (C=O) groups excluding carboxylic acids is 1. The number of nitrogens with zero attached hydrogens (tertiary/aromatic N) is 5. The van der Waals surface area contributed by atoms with Gasteiger partial charge in [0.25, 0.3) is 0 Å². The van der Waals surface area contributed by atoms with Gasteiger partial charge >= 0.3 is 6.01 Å². The second kappa shape index (κ2) is 11.0. The summed E-state index contributed by atoms with van der Waals surface area (Å²) in [5, 5.41) is 2.94. The number of rotatable bonds is 9. The lowest BCUT2D eigenvalue weighted by Gasteiger charge is -2.34. The average molecular weight is 494 g/mol. The SMILES string of the molecule is C=CC(=O)N(C)CCCN(CC)c1nc(OC)nc2c1CCN(c1cccc3cccc(Cl)c13)C2. The Morgan fingerprint density at radius 2 is 2.00 bits per heavy atom. The normalized spacial score (nSPS) is 12.9. The smallest absolute Gasteiger partial charge is 0.318 e. The number of fused-ring (bicyclic) bond motifs is 2. The van der Waals surface area contributed by atoms with Gasteiger partial charge in [-0.1, -0.05) is 42.4 Å². The van der Waals surface area contributed by atoms with Crippen LogP contribution in [0.1, 0.15) is 24.6 Å². The molecule has 0 bridgehead atoms. The van der Waals surface area contributed by atoms with Crippen molar-refractivity contribution in [2.45, 2.75) is 26.3 Å². The summed E-state index contributed by atoms with van der Waals surface area (Å²) in [5.41, 5.74) is 3.24. The summed E-state index contributed by atoms with van der Waals surface area (Å²) in [6.45, 7) is 9.41. The minimum absolute atomic E-state index is 0.0669. The van der Waals surface area contributed by atoms with Crippen LogP contribution in [-0.4, -0.2) is 61.1 Å². The number of halogens is 1. The summed E-state index contributed by atoms with van der Waals surface area (Å²) in [7, 11) is 3.40. The van der Waals surface area contributed by atoms with E-state index in [-0.39, 0.29) is 5.91 Å². The topological polar surface area (TPSA) is 61.8 Å². The Labute approximate surface area is 212 Å². The molecule has 0 radical (unpaired) electrons. The van der Waals surface area contributed by atoms with E-state index in [0.29, 0.717) is 19.1 Å². The van der Waals surface area contributed by atoms with Gasteiger partial charge in [-0.2, -0.15) is 9.97 Å². The highest BCUT2D eigenvalue weighted by atomic mass is 35.5. The maximum Gasteiger partial charge on any atom is 0.318 e. The number of benzene rings is 2. The highest BCUT2D eigenvalue weighted by Crippen LogP contribution is 2.36. The molecular weight excluding hydrogens is 462 g/mol. The molecule has 0 N–H and O–H groups in total. The van der Waals surface area contributed by atoms with Crippen LogP contribution < -0.4 is 14.5 Å². The standard InChI is InChI=1S/C27H32ClN5O2/c1-5-24(34)31(3)15-9-16-32(6-2)26-20-14-17-33(18-22(20)29-27(30-26)35-4)23-13-8-11-19-10-7-12-21(28)25(19)23/h5,7-8,10-13H,1,6,9,14-18H2,2-4H3. The molecule has 0 saturated heterocycles. The van der Waals surface area contributed by atoms with E-state index >= 15 is 0 Å². The van der Waals surface area contributed by atoms with Crippen LogP contribution in [0, 0.1) is 0 Å². The number of anilines is 2. The monoisotopic (exact) mass is 493 g/mol. The van der Waals surface area contributed by atoms with E-state index in [1.807, 2.05) is 12.1 Å². The van der Waals surface area contributed by atoms with Crippen LogP contribution in [0.5, 0.6) is 6.01 Å². The fourth-order valence-electron chi connectivity index (χ4n) is 4.67. The third-order valence-electron chi connectivity index (χ3n) is 6.53. The molecule has 0 spiro atoms. The molecule has 1 aliphatic heterocycles. The van der Waals surface area contributed by atoms with Gasteiger partial charge in [0.2, 0.25) is 5.91 Å². The van der Waals surface area contributed by atoms with E-state index < -0.39 is 0 Å². The molecule has 35 heavy (non-hydrogen) atoms. The number of amides is 1. The first kappa shape index (κ1) is 24.8. The quantitative estimate of drug-likeness (QED) is 0.402. The van der Waals surface area contributed by atoms with Crippen molar-refractivity contribution in [2.24, 2.45) is 0 Å². The van der Waals surface area contributed by atoms with Crippen LogP contribution in [0.2, 0.25) is 5.02 Å². The zero-order chi connectivity index (χ0) is 24.9. The Kier molecular flexibility index (Phi) is 7.76. The van der Waals surface area contributed by atoms with E-state index in [0.717, 1.165) is 71.0 Å². The number of ether oxygens (including phenoxy) is 1. The van der Waals surface area contributed by atoms with Gasteiger partial charge in [0.15, 0.2) is 0 Å². The Balaban J connectivity index is 1.61. The predicted octanol–water partition coefficient (Wildman–Crippen LogP) is 4.72. The van der Waals surface area contributed by atoms with Crippen molar-refractivity contribution in [1.29, 1.82) is 0 Å². The molecule has 0 atom stereocenters. The van der Waals surface area contributed by atoms with Gasteiger partial charge in [-0.25, -0.2) is 0 Å². The van der Waals surface area contributed by atoms with Crippen molar-refractivity contribution in [3.8, 4) is 6.01 Å². The lowest BCUT2D eigenvalue weighted by Crippen LogP contribution is -2.35. The number of aromatic nitrogens is 2. The first-order valence-corrected chi connectivity index (χ1v) is 12.3. The van der Waals surface area contributed by atoms with E-state index in [1.54, 1.807) is 19.1 Å². The summed E-state index contributed by atoms with van der Waals surface area (Å²) in [6, 6.07) is 12.7. The van der Waals surface area contributed by atoms with Gasteiger partial charge in [-0.05, 0) is 43.4 Å². The molecule has 0 saturated carbocycles. The Hall–Kier alpha value is -3.32. The van der Waals surface area contributed by atoms with Crippen LogP contribution in [0.3, 0.4) is 0 Å². The Morgan fingerprint density at radius 1 is 1.23 bits per heavy atom. The molecule has 1 aromatic heterocycles. The molecule has 2 heterocycles. The van der Waals surface area contributed by atoms with Gasteiger partial charge < -0.3 is 19.4 Å². The zero-order valence-corrected chi connectivity index (χ0v) is 21.4. The summed E-state index contributed by atoms with van der Waals surface area (Å²) in [4.78, 5) is 27.5. The summed E-state index contributed by atoms with van der Waals surface area (Å²) >= 11 is 6.61. The number of carbonyl (C=O) groups is 1. The molecule has 7 nitrogen and oxygen atoms in total. The number of hydrogen-bond acceptors (Lipinski definition) is 6. The minimum atomic E-state index is -0.0669. The van der Waals surface area contributed by atoms with Gasteiger partial charge in [-0.3, -0.25) is 4.79 Å². The van der Waals surface area contributed by atoms with Gasteiger partial charge in [0.05, 0.1) is 24.4 Å². The fourth-order valence-corrected chi connectivity index (χ4v) is 4.94. The molecule has 2 aromatic carbocycles. The van der Waals surface area contributed by atoms with E-state index in [2.05, 4.69) is 47.6 Å². The van der Waals surface area contributed by atoms with E-state index in [4.69, 9.17) is 26.3 Å². The zero-order valence-electron chi connectivity index (χ0n) is 20.6. The van der Waals surface area contributed by atoms with Crippen molar-refractivity contribution in [1.82, 2.24) is 14.9 Å². The molecule has 1 amide bonds. The molecule has 3 aromatic rings. The van der Waals surface area contributed by atoms with Crippen LogP contribution in [0.15, 0.2) is 49.1 Å². The Bertz CT molecular complexity index is 1230. The number of likely N-dealkylation sites (N-methyl/N-ethyl adjacent to an activating group) is 1. The summed E-state index contributed by atoms with van der Waals surface area (Å²) < 4.78 is 5.48. The van der Waals surface area contributed by atoms with Crippen molar-refractivity contribution in [2.75, 3.05) is 50.1 Å². The Morgan fingerprint density at radius 3 is 2.71 bits per heavy atom.